The first kappa shape index (κ1) is 22.8. The van der Waals surface area contributed by atoms with Crippen LogP contribution in [0.15, 0.2) is 53.0 Å². The van der Waals surface area contributed by atoms with Gasteiger partial charge in [-0.05, 0) is 43.7 Å². The standard InChI is InChI=1S/C21H19BrF4N4O/c1-3-12(2)27-20-29-18(13-5-4-6-15(9-13)31-21(24,25)26)11-19(30-20)28-17-8-7-14(22)10-16(17)23/h4-12H,3H2,1-2H3,(H2,27,28,29,30)/t12-/m0/s1. The number of alkyl halides is 3. The van der Waals surface area contributed by atoms with Crippen molar-refractivity contribution in [1.29, 1.82) is 0 Å². The maximum absolute atomic E-state index is 14.3. The van der Waals surface area contributed by atoms with Gasteiger partial charge in [0.1, 0.15) is 17.4 Å². The Hall–Kier alpha value is -2.88. The van der Waals surface area contributed by atoms with Gasteiger partial charge in [-0.1, -0.05) is 35.0 Å². The fourth-order valence-electron chi connectivity index (χ4n) is 2.63. The van der Waals surface area contributed by atoms with E-state index in [4.69, 9.17) is 0 Å². The number of nitrogens with one attached hydrogen (secondary N) is 2. The maximum Gasteiger partial charge on any atom is 0.573 e. The van der Waals surface area contributed by atoms with E-state index in [1.807, 2.05) is 13.8 Å². The SMILES string of the molecule is CC[C@H](C)Nc1nc(Nc2ccc(Br)cc2F)cc(-c2cccc(OC(F)(F)F)c2)n1. The molecule has 1 aromatic heterocycles. The molecule has 0 spiro atoms. The predicted octanol–water partition coefficient (Wildman–Crippen LogP) is 6.90. The van der Waals surface area contributed by atoms with Crippen molar-refractivity contribution in [3.8, 4) is 17.0 Å². The van der Waals surface area contributed by atoms with E-state index in [1.54, 1.807) is 18.2 Å². The highest BCUT2D eigenvalue weighted by atomic mass is 79.9. The second kappa shape index (κ2) is 9.51. The first-order valence-electron chi connectivity index (χ1n) is 9.37. The van der Waals surface area contributed by atoms with Crippen molar-refractivity contribution in [3.63, 3.8) is 0 Å². The van der Waals surface area contributed by atoms with Crippen LogP contribution >= 0.6 is 15.9 Å². The van der Waals surface area contributed by atoms with Crippen molar-refractivity contribution in [2.24, 2.45) is 0 Å². The minimum atomic E-state index is -4.81. The van der Waals surface area contributed by atoms with Crippen LogP contribution in [0.5, 0.6) is 5.75 Å². The van der Waals surface area contributed by atoms with Gasteiger partial charge in [-0.25, -0.2) is 9.37 Å². The molecule has 3 aromatic rings. The molecule has 10 heteroatoms. The van der Waals surface area contributed by atoms with Crippen molar-refractivity contribution in [1.82, 2.24) is 9.97 Å². The van der Waals surface area contributed by atoms with Gasteiger partial charge in [0.05, 0.1) is 11.4 Å². The highest BCUT2D eigenvalue weighted by Gasteiger charge is 2.31. The Bertz CT molecular complexity index is 1060. The lowest BCUT2D eigenvalue weighted by Crippen LogP contribution is -2.17. The Morgan fingerprint density at radius 1 is 1.10 bits per heavy atom. The van der Waals surface area contributed by atoms with Gasteiger partial charge in [-0.3, -0.25) is 0 Å². The summed E-state index contributed by atoms with van der Waals surface area (Å²) in [7, 11) is 0. The Balaban J connectivity index is 2.00. The van der Waals surface area contributed by atoms with Gasteiger partial charge < -0.3 is 15.4 Å². The summed E-state index contributed by atoms with van der Waals surface area (Å²) in [5, 5.41) is 6.03. The summed E-state index contributed by atoms with van der Waals surface area (Å²) in [6.45, 7) is 3.92. The van der Waals surface area contributed by atoms with Crippen LogP contribution in [0, 0.1) is 5.82 Å². The molecule has 3 rings (SSSR count). The smallest absolute Gasteiger partial charge is 0.406 e. The van der Waals surface area contributed by atoms with Crippen molar-refractivity contribution < 1.29 is 22.3 Å². The third-order valence-electron chi connectivity index (χ3n) is 4.27. The quantitative estimate of drug-likeness (QED) is 0.347. The Kier molecular flexibility index (Phi) is 6.99. The number of halogens is 5. The minimum Gasteiger partial charge on any atom is -0.406 e. The highest BCUT2D eigenvalue weighted by molar-refractivity contribution is 9.10. The first-order valence-corrected chi connectivity index (χ1v) is 10.2. The number of anilines is 3. The number of hydrogen-bond acceptors (Lipinski definition) is 5. The molecule has 164 valence electrons. The van der Waals surface area contributed by atoms with Crippen LogP contribution in [0.25, 0.3) is 11.3 Å². The summed E-state index contributed by atoms with van der Waals surface area (Å²) in [5.74, 6) is -0.326. The third-order valence-corrected chi connectivity index (χ3v) is 4.76. The molecule has 0 fully saturated rings. The molecule has 0 aliphatic rings. The molecule has 2 N–H and O–H groups in total. The van der Waals surface area contributed by atoms with Gasteiger partial charge >= 0.3 is 6.36 Å². The second-order valence-electron chi connectivity index (χ2n) is 6.74. The Morgan fingerprint density at radius 3 is 2.55 bits per heavy atom. The van der Waals surface area contributed by atoms with E-state index in [-0.39, 0.29) is 29.2 Å². The molecular weight excluding hydrogens is 480 g/mol. The summed E-state index contributed by atoms with van der Waals surface area (Å²) < 4.78 is 56.6. The van der Waals surface area contributed by atoms with Crippen molar-refractivity contribution in [2.45, 2.75) is 32.7 Å². The Morgan fingerprint density at radius 2 is 1.87 bits per heavy atom. The van der Waals surface area contributed by atoms with Crippen molar-refractivity contribution >= 4 is 33.4 Å². The van der Waals surface area contributed by atoms with Gasteiger partial charge in [0.2, 0.25) is 5.95 Å². The van der Waals surface area contributed by atoms with Crippen LogP contribution in [0.1, 0.15) is 20.3 Å². The van der Waals surface area contributed by atoms with Gasteiger partial charge in [-0.2, -0.15) is 4.98 Å². The van der Waals surface area contributed by atoms with Crippen LogP contribution in [0.3, 0.4) is 0 Å². The molecule has 1 atom stereocenters. The minimum absolute atomic E-state index is 0.0485. The molecule has 0 saturated carbocycles. The lowest BCUT2D eigenvalue weighted by molar-refractivity contribution is -0.274. The lowest BCUT2D eigenvalue weighted by Gasteiger charge is -2.15. The van der Waals surface area contributed by atoms with E-state index >= 15 is 0 Å². The third kappa shape index (κ3) is 6.55. The molecule has 2 aromatic carbocycles. The summed E-state index contributed by atoms with van der Waals surface area (Å²) in [4.78, 5) is 8.77. The van der Waals surface area contributed by atoms with Gasteiger partial charge in [0, 0.05) is 22.1 Å². The summed E-state index contributed by atoms with van der Waals surface area (Å²) in [5.41, 5.74) is 0.917. The molecule has 1 heterocycles. The average Bonchev–Trinajstić information content (AvgIpc) is 2.69. The van der Waals surface area contributed by atoms with Gasteiger partial charge in [0.15, 0.2) is 0 Å². The van der Waals surface area contributed by atoms with Crippen LogP contribution in [-0.4, -0.2) is 22.4 Å². The van der Waals surface area contributed by atoms with E-state index in [0.29, 0.717) is 15.7 Å². The van der Waals surface area contributed by atoms with E-state index in [2.05, 4.69) is 41.3 Å². The fourth-order valence-corrected chi connectivity index (χ4v) is 2.96. The molecule has 0 amide bonds. The number of ether oxygens (including phenoxy) is 1. The summed E-state index contributed by atoms with van der Waals surface area (Å²) >= 11 is 3.20. The number of aromatic nitrogens is 2. The molecule has 0 saturated heterocycles. The van der Waals surface area contributed by atoms with Crippen LogP contribution < -0.4 is 15.4 Å². The molecule has 0 bridgehead atoms. The zero-order chi connectivity index (χ0) is 22.6. The van der Waals surface area contributed by atoms with E-state index < -0.39 is 12.2 Å². The number of rotatable bonds is 7. The van der Waals surface area contributed by atoms with Crippen molar-refractivity contribution in [2.75, 3.05) is 10.6 Å². The van der Waals surface area contributed by atoms with Gasteiger partial charge in [-0.15, -0.1) is 13.2 Å². The largest absolute Gasteiger partial charge is 0.573 e. The zero-order valence-electron chi connectivity index (χ0n) is 16.6. The molecule has 0 unspecified atom stereocenters. The first-order chi connectivity index (χ1) is 14.6. The van der Waals surface area contributed by atoms with E-state index in [1.165, 1.54) is 30.3 Å². The highest BCUT2D eigenvalue weighted by Crippen LogP contribution is 2.30. The average molecular weight is 499 g/mol. The fraction of sp³-hybridized carbons (Fsp3) is 0.238. The molecule has 0 aliphatic carbocycles. The topological polar surface area (TPSA) is 59.1 Å². The molecule has 31 heavy (non-hydrogen) atoms. The summed E-state index contributed by atoms with van der Waals surface area (Å²) in [6, 6.07) is 11.6. The zero-order valence-corrected chi connectivity index (χ0v) is 18.2. The Labute approximate surface area is 185 Å². The maximum atomic E-state index is 14.3. The number of nitrogens with zero attached hydrogens (tertiary/aromatic N) is 2. The lowest BCUT2D eigenvalue weighted by atomic mass is 10.1. The van der Waals surface area contributed by atoms with Crippen LogP contribution in [-0.2, 0) is 0 Å². The van der Waals surface area contributed by atoms with E-state index in [9.17, 15) is 17.6 Å². The van der Waals surface area contributed by atoms with Crippen LogP contribution in [0.4, 0.5) is 35.0 Å². The van der Waals surface area contributed by atoms with Gasteiger partial charge in [0.25, 0.3) is 0 Å². The summed E-state index contributed by atoms with van der Waals surface area (Å²) in [6.07, 6.45) is -4.01. The normalized spacial score (nSPS) is 12.4. The molecule has 0 aliphatic heterocycles. The predicted molar refractivity (Wildman–Crippen MR) is 115 cm³/mol. The molecule has 5 nitrogen and oxygen atoms in total. The number of benzene rings is 2. The van der Waals surface area contributed by atoms with E-state index in [0.717, 1.165) is 6.42 Å². The molecule has 0 radical (unpaired) electrons. The van der Waals surface area contributed by atoms with Crippen molar-refractivity contribution in [3.05, 3.63) is 58.8 Å². The monoisotopic (exact) mass is 498 g/mol. The molecular formula is C21H19BrF4N4O. The number of hydrogen-bond donors (Lipinski definition) is 2. The second-order valence-corrected chi connectivity index (χ2v) is 7.66. The van der Waals surface area contributed by atoms with Crippen LogP contribution in [0.2, 0.25) is 0 Å².